The molecular weight excluding hydrogens is 354 g/mol. The lowest BCUT2D eigenvalue weighted by Crippen LogP contribution is -2.37. The molecule has 0 bridgehead atoms. The fourth-order valence-electron chi connectivity index (χ4n) is 3.18. The summed E-state index contributed by atoms with van der Waals surface area (Å²) in [6.45, 7) is 0.382. The molecule has 1 saturated carbocycles. The second-order valence-corrected chi connectivity index (χ2v) is 7.50. The Labute approximate surface area is 154 Å². The van der Waals surface area contributed by atoms with Crippen LogP contribution in [0.3, 0.4) is 0 Å². The average Bonchev–Trinajstić information content (AvgIpc) is 3.17. The highest BCUT2D eigenvalue weighted by Gasteiger charge is 2.26. The number of hydrogen-bond donors (Lipinski definition) is 2. The molecule has 0 saturated heterocycles. The van der Waals surface area contributed by atoms with E-state index in [0.717, 1.165) is 17.7 Å². The summed E-state index contributed by atoms with van der Waals surface area (Å²) in [5.41, 5.74) is 0.349. The minimum atomic E-state index is -0.733. The van der Waals surface area contributed by atoms with Gasteiger partial charge in [0.05, 0.1) is 10.8 Å². The normalized spacial score (nSPS) is 19.8. The van der Waals surface area contributed by atoms with Crippen molar-refractivity contribution in [2.75, 3.05) is 6.54 Å². The Morgan fingerprint density at radius 1 is 1.23 bits per heavy atom. The molecule has 2 N–H and O–H groups in total. The lowest BCUT2D eigenvalue weighted by molar-refractivity contribution is -0.143. The number of aliphatic carboxylic acids is 1. The first kappa shape index (κ1) is 18.3. The molecule has 1 aliphatic rings. The molecule has 0 radical (unpaired) electrons. The molecule has 2 heterocycles. The molecule has 1 aliphatic carbocycles. The van der Waals surface area contributed by atoms with E-state index in [1.165, 1.54) is 22.1 Å². The Hall–Kier alpha value is -2.48. The van der Waals surface area contributed by atoms with Crippen molar-refractivity contribution in [3.05, 3.63) is 40.0 Å². The van der Waals surface area contributed by atoms with E-state index in [1.807, 2.05) is 17.5 Å². The van der Waals surface area contributed by atoms with Gasteiger partial charge in [-0.25, -0.2) is 4.68 Å². The Bertz CT molecular complexity index is 823. The molecule has 7 nitrogen and oxygen atoms in total. The molecule has 0 aliphatic heterocycles. The van der Waals surface area contributed by atoms with Gasteiger partial charge in [0.15, 0.2) is 0 Å². The number of nitrogens with one attached hydrogen (secondary N) is 1. The standard InChI is InChI=1S/C18H21N3O4S/c22-16(19-10-12-3-5-13(6-4-12)18(24)25)11-21-17(23)8-7-14(20-21)15-2-1-9-26-15/h1-2,7-9,12-13H,3-6,10-11H2,(H,19,22)(H,24,25). The van der Waals surface area contributed by atoms with Crippen LogP contribution in [0, 0.1) is 11.8 Å². The van der Waals surface area contributed by atoms with Crippen molar-refractivity contribution >= 4 is 23.2 Å². The van der Waals surface area contributed by atoms with Crippen LogP contribution >= 0.6 is 11.3 Å². The SMILES string of the molecule is O=C(Cn1nc(-c2cccs2)ccc1=O)NCC1CCC(C(=O)O)CC1. The van der Waals surface area contributed by atoms with Crippen LogP contribution in [0.15, 0.2) is 34.4 Å². The number of carbonyl (C=O) groups is 2. The zero-order valence-electron chi connectivity index (χ0n) is 14.3. The number of rotatable bonds is 6. The Kier molecular flexibility index (Phi) is 5.82. The van der Waals surface area contributed by atoms with Gasteiger partial charge in [-0.15, -0.1) is 11.3 Å². The predicted molar refractivity (Wildman–Crippen MR) is 97.9 cm³/mol. The number of aromatic nitrogens is 2. The second-order valence-electron chi connectivity index (χ2n) is 6.55. The van der Waals surface area contributed by atoms with Crippen molar-refractivity contribution in [2.24, 2.45) is 11.8 Å². The molecule has 0 unspecified atom stereocenters. The van der Waals surface area contributed by atoms with Crippen molar-refractivity contribution in [3.63, 3.8) is 0 Å². The minimum absolute atomic E-state index is 0.123. The zero-order valence-corrected chi connectivity index (χ0v) is 15.1. The molecule has 1 fully saturated rings. The molecule has 0 atom stereocenters. The van der Waals surface area contributed by atoms with Crippen LogP contribution in [-0.4, -0.2) is 33.3 Å². The van der Waals surface area contributed by atoms with E-state index in [2.05, 4.69) is 10.4 Å². The van der Waals surface area contributed by atoms with E-state index in [0.29, 0.717) is 25.1 Å². The van der Waals surface area contributed by atoms with E-state index in [1.54, 1.807) is 6.07 Å². The molecule has 26 heavy (non-hydrogen) atoms. The van der Waals surface area contributed by atoms with Crippen LogP contribution in [0.2, 0.25) is 0 Å². The summed E-state index contributed by atoms with van der Waals surface area (Å²) < 4.78 is 1.17. The lowest BCUT2D eigenvalue weighted by atomic mass is 9.82. The first-order chi connectivity index (χ1) is 12.5. The maximum absolute atomic E-state index is 12.2. The van der Waals surface area contributed by atoms with Crippen LogP contribution in [0.4, 0.5) is 0 Å². The van der Waals surface area contributed by atoms with Gasteiger partial charge in [0.2, 0.25) is 5.91 Å². The van der Waals surface area contributed by atoms with Gasteiger partial charge in [0.25, 0.3) is 5.56 Å². The second kappa shape index (κ2) is 8.27. The van der Waals surface area contributed by atoms with Gasteiger partial charge in [-0.1, -0.05) is 6.07 Å². The summed E-state index contributed by atoms with van der Waals surface area (Å²) in [5, 5.41) is 18.1. The number of carboxylic acids is 1. The minimum Gasteiger partial charge on any atom is -0.481 e. The van der Waals surface area contributed by atoms with Crippen LogP contribution in [-0.2, 0) is 16.1 Å². The molecule has 2 aromatic rings. The van der Waals surface area contributed by atoms with Gasteiger partial charge in [0.1, 0.15) is 12.2 Å². The number of thiophene rings is 1. The van der Waals surface area contributed by atoms with Crippen LogP contribution < -0.4 is 10.9 Å². The Morgan fingerprint density at radius 2 is 2.00 bits per heavy atom. The molecule has 0 aromatic carbocycles. The maximum Gasteiger partial charge on any atom is 0.306 e. The van der Waals surface area contributed by atoms with Gasteiger partial charge >= 0.3 is 5.97 Å². The quantitative estimate of drug-likeness (QED) is 0.804. The van der Waals surface area contributed by atoms with Gasteiger partial charge in [-0.2, -0.15) is 5.10 Å². The average molecular weight is 375 g/mol. The number of carboxylic acid groups (broad SMARTS) is 1. The molecule has 0 spiro atoms. The molecule has 8 heteroatoms. The number of nitrogens with zero attached hydrogens (tertiary/aromatic N) is 2. The first-order valence-corrected chi connectivity index (χ1v) is 9.52. The summed E-state index contributed by atoms with van der Waals surface area (Å²) in [4.78, 5) is 36.0. The van der Waals surface area contributed by atoms with Crippen molar-refractivity contribution < 1.29 is 14.7 Å². The number of amides is 1. The highest BCUT2D eigenvalue weighted by Crippen LogP contribution is 2.28. The van der Waals surface area contributed by atoms with Crippen LogP contribution in [0.25, 0.3) is 10.6 Å². The molecular formula is C18H21N3O4S. The third-order valence-electron chi connectivity index (χ3n) is 4.72. The number of carbonyl (C=O) groups excluding carboxylic acids is 1. The monoisotopic (exact) mass is 375 g/mol. The van der Waals surface area contributed by atoms with E-state index >= 15 is 0 Å². The van der Waals surface area contributed by atoms with Crippen molar-refractivity contribution in [2.45, 2.75) is 32.2 Å². The topological polar surface area (TPSA) is 101 Å². The van der Waals surface area contributed by atoms with E-state index < -0.39 is 5.97 Å². The summed E-state index contributed by atoms with van der Waals surface area (Å²) in [7, 11) is 0. The summed E-state index contributed by atoms with van der Waals surface area (Å²) >= 11 is 1.52. The largest absolute Gasteiger partial charge is 0.481 e. The zero-order chi connectivity index (χ0) is 18.5. The third-order valence-corrected chi connectivity index (χ3v) is 5.61. The van der Waals surface area contributed by atoms with E-state index in [-0.39, 0.29) is 29.8 Å². The van der Waals surface area contributed by atoms with Crippen molar-refractivity contribution in [3.8, 4) is 10.6 Å². The Morgan fingerprint density at radius 3 is 2.65 bits per heavy atom. The summed E-state index contributed by atoms with van der Waals surface area (Å²) in [5.74, 6) is -0.965. The summed E-state index contributed by atoms with van der Waals surface area (Å²) in [6.07, 6.45) is 2.89. The van der Waals surface area contributed by atoms with E-state index in [4.69, 9.17) is 5.11 Å². The smallest absolute Gasteiger partial charge is 0.306 e. The first-order valence-electron chi connectivity index (χ1n) is 8.64. The third kappa shape index (κ3) is 4.57. The lowest BCUT2D eigenvalue weighted by Gasteiger charge is -2.26. The predicted octanol–water partition coefficient (Wildman–Crippen LogP) is 1.98. The fourth-order valence-corrected chi connectivity index (χ4v) is 3.87. The maximum atomic E-state index is 12.2. The van der Waals surface area contributed by atoms with Gasteiger partial charge < -0.3 is 10.4 Å². The van der Waals surface area contributed by atoms with Gasteiger partial charge in [0, 0.05) is 12.6 Å². The highest BCUT2D eigenvalue weighted by atomic mass is 32.1. The van der Waals surface area contributed by atoms with Crippen molar-refractivity contribution in [1.29, 1.82) is 0 Å². The highest BCUT2D eigenvalue weighted by molar-refractivity contribution is 7.13. The summed E-state index contributed by atoms with van der Waals surface area (Å²) in [6, 6.07) is 6.89. The van der Waals surface area contributed by atoms with Crippen LogP contribution in [0.1, 0.15) is 25.7 Å². The molecule has 3 rings (SSSR count). The van der Waals surface area contributed by atoms with Crippen molar-refractivity contribution in [1.82, 2.24) is 15.1 Å². The van der Waals surface area contributed by atoms with Gasteiger partial charge in [-0.05, 0) is 49.1 Å². The van der Waals surface area contributed by atoms with Crippen LogP contribution in [0.5, 0.6) is 0 Å². The Balaban J connectivity index is 1.53. The van der Waals surface area contributed by atoms with E-state index in [9.17, 15) is 14.4 Å². The molecule has 138 valence electrons. The van der Waals surface area contributed by atoms with Gasteiger partial charge in [-0.3, -0.25) is 14.4 Å². The fraction of sp³-hybridized carbons (Fsp3) is 0.444. The number of hydrogen-bond acceptors (Lipinski definition) is 5. The molecule has 2 aromatic heterocycles. The molecule has 1 amide bonds.